The van der Waals surface area contributed by atoms with E-state index in [-0.39, 0.29) is 35.5 Å². The number of ether oxygens (including phenoxy) is 3. The molecule has 1 aliphatic heterocycles. The summed E-state index contributed by atoms with van der Waals surface area (Å²) in [6.07, 6.45) is 10.9. The molecular weight excluding hydrogens is 549 g/mol. The summed E-state index contributed by atoms with van der Waals surface area (Å²) in [5.41, 5.74) is 3.39. The smallest absolute Gasteiger partial charge is 0.246 e. The quantitative estimate of drug-likeness (QED) is 0.280. The molecule has 2 N–H and O–H groups in total. The number of carbonyl (C=O) groups is 1. The first kappa shape index (κ1) is 31.2. The van der Waals surface area contributed by atoms with Crippen molar-refractivity contribution in [3.63, 3.8) is 0 Å². The van der Waals surface area contributed by atoms with Gasteiger partial charge >= 0.3 is 0 Å². The molecule has 8 nitrogen and oxygen atoms in total. The zero-order chi connectivity index (χ0) is 30.6. The molecule has 9 heteroatoms. The van der Waals surface area contributed by atoms with Crippen LogP contribution in [0.15, 0.2) is 55.1 Å². The predicted octanol–water partition coefficient (Wildman–Crippen LogP) is 5.28. The standard InChI is InChI=1S/C34H44FN3O5/c1-33(2,42-4)19-24-16-27-25(20-34(11-6-12-34)43-32(27)29(18-24)38-14-13-36-22-38)9-10-30(39)28(37-31(40)21-41-3)17-23-7-5-8-26(35)15-23/h5,7-8,13-16,18,22,25,28,30,39H,6,9-12,17,19-21H2,1-4H3,(H,37,40)/t25-,28-,30+/m0/s1. The van der Waals surface area contributed by atoms with Gasteiger partial charge in [0.2, 0.25) is 5.91 Å². The van der Waals surface area contributed by atoms with Crippen LogP contribution < -0.4 is 10.1 Å². The second-order valence-electron chi connectivity index (χ2n) is 12.8. The average molecular weight is 594 g/mol. The third kappa shape index (κ3) is 7.45. The second kappa shape index (κ2) is 13.2. The van der Waals surface area contributed by atoms with Gasteiger partial charge in [0.1, 0.15) is 23.8 Å². The van der Waals surface area contributed by atoms with Crippen LogP contribution in [-0.4, -0.2) is 64.7 Å². The maximum absolute atomic E-state index is 13.9. The lowest BCUT2D eigenvalue weighted by Crippen LogP contribution is -2.48. The molecule has 1 aliphatic carbocycles. The summed E-state index contributed by atoms with van der Waals surface area (Å²) < 4.78 is 33.5. The van der Waals surface area contributed by atoms with E-state index in [1.165, 1.54) is 19.2 Å². The predicted molar refractivity (Wildman–Crippen MR) is 162 cm³/mol. The van der Waals surface area contributed by atoms with Gasteiger partial charge in [-0.3, -0.25) is 4.79 Å². The summed E-state index contributed by atoms with van der Waals surface area (Å²) in [5, 5.41) is 14.4. The Kier molecular flexibility index (Phi) is 9.54. The van der Waals surface area contributed by atoms with Crippen LogP contribution in [0.5, 0.6) is 5.75 Å². The minimum Gasteiger partial charge on any atom is -0.485 e. The van der Waals surface area contributed by atoms with Crippen molar-refractivity contribution in [2.45, 2.75) is 94.5 Å². The van der Waals surface area contributed by atoms with Gasteiger partial charge < -0.3 is 29.2 Å². The summed E-state index contributed by atoms with van der Waals surface area (Å²) in [6.45, 7) is 4.04. The molecule has 1 fully saturated rings. The number of rotatable bonds is 13. The molecule has 2 heterocycles. The fourth-order valence-electron chi connectivity index (χ4n) is 6.48. The molecule has 0 unspecified atom stereocenters. The summed E-state index contributed by atoms with van der Waals surface area (Å²) in [4.78, 5) is 16.8. The molecule has 0 bridgehead atoms. The van der Waals surface area contributed by atoms with E-state index < -0.39 is 12.1 Å². The van der Waals surface area contributed by atoms with E-state index in [1.807, 2.05) is 10.8 Å². The van der Waals surface area contributed by atoms with Crippen LogP contribution >= 0.6 is 0 Å². The Balaban J connectivity index is 1.43. The molecule has 3 aromatic rings. The van der Waals surface area contributed by atoms with Crippen LogP contribution in [0.2, 0.25) is 0 Å². The molecule has 1 saturated carbocycles. The van der Waals surface area contributed by atoms with Crippen LogP contribution in [0, 0.1) is 5.82 Å². The molecule has 43 heavy (non-hydrogen) atoms. The van der Waals surface area contributed by atoms with Crippen molar-refractivity contribution in [3.05, 3.63) is 77.6 Å². The van der Waals surface area contributed by atoms with E-state index in [0.29, 0.717) is 24.8 Å². The van der Waals surface area contributed by atoms with Crippen LogP contribution in [0.4, 0.5) is 4.39 Å². The van der Waals surface area contributed by atoms with Crippen LogP contribution in [0.25, 0.3) is 5.69 Å². The third-order valence-electron chi connectivity index (χ3n) is 9.01. The number of nitrogens with zero attached hydrogens (tertiary/aromatic N) is 2. The van der Waals surface area contributed by atoms with Crippen molar-refractivity contribution in [1.29, 1.82) is 0 Å². The highest BCUT2D eigenvalue weighted by molar-refractivity contribution is 5.77. The van der Waals surface area contributed by atoms with E-state index >= 15 is 0 Å². The topological polar surface area (TPSA) is 94.8 Å². The zero-order valence-corrected chi connectivity index (χ0v) is 25.6. The van der Waals surface area contributed by atoms with Crippen LogP contribution in [-0.2, 0) is 27.1 Å². The molecule has 232 valence electrons. The van der Waals surface area contributed by atoms with Gasteiger partial charge in [0.15, 0.2) is 0 Å². The van der Waals surface area contributed by atoms with Crippen LogP contribution in [0.3, 0.4) is 0 Å². The van der Waals surface area contributed by atoms with Gasteiger partial charge in [0, 0.05) is 33.0 Å². The number of carbonyl (C=O) groups excluding carboxylic acids is 1. The molecule has 3 atom stereocenters. The van der Waals surface area contributed by atoms with Crippen molar-refractivity contribution in [2.75, 3.05) is 20.8 Å². The van der Waals surface area contributed by atoms with Crippen LogP contribution in [0.1, 0.15) is 75.0 Å². The maximum atomic E-state index is 13.9. The Morgan fingerprint density at radius 1 is 1.26 bits per heavy atom. The lowest BCUT2D eigenvalue weighted by molar-refractivity contribution is -0.126. The number of aliphatic hydroxyl groups is 1. The van der Waals surface area contributed by atoms with E-state index in [0.717, 1.165) is 54.7 Å². The Labute approximate surface area is 253 Å². The summed E-state index contributed by atoms with van der Waals surface area (Å²) in [7, 11) is 3.19. The van der Waals surface area contributed by atoms with Gasteiger partial charge in [-0.25, -0.2) is 9.37 Å². The van der Waals surface area contributed by atoms with Gasteiger partial charge in [-0.15, -0.1) is 0 Å². The normalized spacial score (nSPS) is 18.8. The zero-order valence-electron chi connectivity index (χ0n) is 25.6. The summed E-state index contributed by atoms with van der Waals surface area (Å²) >= 11 is 0. The molecule has 5 rings (SSSR count). The highest BCUT2D eigenvalue weighted by atomic mass is 19.1. The average Bonchev–Trinajstić information content (AvgIpc) is 3.49. The number of benzene rings is 2. The molecule has 1 amide bonds. The number of imidazole rings is 1. The van der Waals surface area contributed by atoms with Gasteiger partial charge in [-0.1, -0.05) is 18.2 Å². The summed E-state index contributed by atoms with van der Waals surface area (Å²) in [6, 6.07) is 10.1. The van der Waals surface area contributed by atoms with Gasteiger partial charge in [0.25, 0.3) is 0 Å². The minimum absolute atomic E-state index is 0.111. The fourth-order valence-corrected chi connectivity index (χ4v) is 6.48. The minimum atomic E-state index is -0.837. The number of nitrogens with one attached hydrogen (secondary N) is 1. The molecule has 0 saturated heterocycles. The molecule has 0 radical (unpaired) electrons. The van der Waals surface area contributed by atoms with Gasteiger partial charge in [-0.2, -0.15) is 0 Å². The van der Waals surface area contributed by atoms with Crippen molar-refractivity contribution >= 4 is 5.91 Å². The first-order valence-corrected chi connectivity index (χ1v) is 15.2. The third-order valence-corrected chi connectivity index (χ3v) is 9.01. The molecule has 1 aromatic heterocycles. The largest absolute Gasteiger partial charge is 0.485 e. The Hall–Kier alpha value is -3.27. The summed E-state index contributed by atoms with van der Waals surface area (Å²) in [5.74, 6) is 0.367. The number of amides is 1. The van der Waals surface area contributed by atoms with Crippen molar-refractivity contribution in [3.8, 4) is 11.4 Å². The highest BCUT2D eigenvalue weighted by Gasteiger charge is 2.46. The fraction of sp³-hybridized carbons (Fsp3) is 0.529. The molecule has 1 spiro atoms. The van der Waals surface area contributed by atoms with Crippen molar-refractivity contribution in [2.24, 2.45) is 0 Å². The lowest BCUT2D eigenvalue weighted by Gasteiger charge is -2.49. The van der Waals surface area contributed by atoms with E-state index in [9.17, 15) is 14.3 Å². The number of hydrogen-bond donors (Lipinski definition) is 2. The number of hydrogen-bond acceptors (Lipinski definition) is 6. The Bertz CT molecular complexity index is 1390. The maximum Gasteiger partial charge on any atom is 0.246 e. The number of aliphatic hydroxyl groups excluding tert-OH is 1. The highest BCUT2D eigenvalue weighted by Crippen LogP contribution is 2.53. The monoisotopic (exact) mass is 593 g/mol. The lowest BCUT2D eigenvalue weighted by atomic mass is 9.69. The number of halogens is 1. The molecule has 2 aromatic carbocycles. The van der Waals surface area contributed by atoms with Crippen molar-refractivity contribution < 1.29 is 28.5 Å². The van der Waals surface area contributed by atoms with E-state index in [4.69, 9.17) is 14.2 Å². The first-order chi connectivity index (χ1) is 20.6. The van der Waals surface area contributed by atoms with Gasteiger partial charge in [0.05, 0.1) is 29.8 Å². The second-order valence-corrected chi connectivity index (χ2v) is 12.8. The Morgan fingerprint density at radius 2 is 2.07 bits per heavy atom. The van der Waals surface area contributed by atoms with Gasteiger partial charge in [-0.05, 0) is 99.6 Å². The molecule has 2 aliphatic rings. The SMILES string of the molecule is COCC(=O)N[C@@H](Cc1cccc(F)c1)[C@H](O)CC[C@H]1CC2(CCC2)Oc2c1cc(CC(C)(C)OC)cc2-n1ccnc1. The number of aromatic nitrogens is 2. The van der Waals surface area contributed by atoms with E-state index in [2.05, 4.69) is 36.3 Å². The Morgan fingerprint density at radius 3 is 2.72 bits per heavy atom. The number of methoxy groups -OCH3 is 2. The van der Waals surface area contributed by atoms with Crippen molar-refractivity contribution in [1.82, 2.24) is 14.9 Å². The first-order valence-electron chi connectivity index (χ1n) is 15.2. The van der Waals surface area contributed by atoms with E-state index in [1.54, 1.807) is 31.8 Å². The number of fused-ring (bicyclic) bond motifs is 1. The molecular formula is C34H44FN3O5.